The number of ether oxygens (including phenoxy) is 3. The van der Waals surface area contributed by atoms with Gasteiger partial charge in [-0.2, -0.15) is 0 Å². The van der Waals surface area contributed by atoms with E-state index in [9.17, 15) is 14.7 Å². The summed E-state index contributed by atoms with van der Waals surface area (Å²) in [5.74, 6) is 0.693. The molecule has 9 heteroatoms. The van der Waals surface area contributed by atoms with Crippen LogP contribution in [0.5, 0.6) is 5.75 Å². The summed E-state index contributed by atoms with van der Waals surface area (Å²) in [5.41, 5.74) is 1.70. The molecule has 3 heterocycles. The second-order valence-corrected chi connectivity index (χ2v) is 8.64. The van der Waals surface area contributed by atoms with Gasteiger partial charge in [0.15, 0.2) is 0 Å². The molecule has 2 N–H and O–H groups in total. The summed E-state index contributed by atoms with van der Waals surface area (Å²) in [6.45, 7) is 2.44. The van der Waals surface area contributed by atoms with Gasteiger partial charge in [-0.3, -0.25) is 9.59 Å². The Labute approximate surface area is 182 Å². The van der Waals surface area contributed by atoms with Crippen molar-refractivity contribution < 1.29 is 28.9 Å². The first-order valence-electron chi connectivity index (χ1n) is 10.8. The predicted octanol–water partition coefficient (Wildman–Crippen LogP) is 0.430. The Balaban J connectivity index is 1.47. The van der Waals surface area contributed by atoms with Crippen LogP contribution in [-0.2, 0) is 19.1 Å². The number of aliphatic hydroxyl groups is 1. The van der Waals surface area contributed by atoms with E-state index in [0.717, 1.165) is 11.3 Å². The Morgan fingerprint density at radius 3 is 2.74 bits per heavy atom. The molecule has 1 aromatic carbocycles. The lowest BCUT2D eigenvalue weighted by Crippen LogP contribution is -2.48. The van der Waals surface area contributed by atoms with Crippen molar-refractivity contribution in [1.29, 1.82) is 0 Å². The average Bonchev–Trinajstić information content (AvgIpc) is 3.11. The van der Waals surface area contributed by atoms with Crippen LogP contribution in [0.3, 0.4) is 0 Å². The molecule has 31 heavy (non-hydrogen) atoms. The fourth-order valence-corrected chi connectivity index (χ4v) is 4.59. The third kappa shape index (κ3) is 5.01. The highest BCUT2D eigenvalue weighted by Gasteiger charge is 2.46. The fourth-order valence-electron chi connectivity index (χ4n) is 4.59. The van der Waals surface area contributed by atoms with E-state index in [0.29, 0.717) is 45.0 Å². The number of morpholine rings is 1. The van der Waals surface area contributed by atoms with E-state index in [2.05, 4.69) is 5.32 Å². The summed E-state index contributed by atoms with van der Waals surface area (Å²) in [5, 5.41) is 12.8. The second-order valence-electron chi connectivity index (χ2n) is 8.64. The van der Waals surface area contributed by atoms with E-state index >= 15 is 0 Å². The summed E-state index contributed by atoms with van der Waals surface area (Å²) in [4.78, 5) is 28.5. The summed E-state index contributed by atoms with van der Waals surface area (Å²) >= 11 is 0. The van der Waals surface area contributed by atoms with Crippen LogP contribution in [0.4, 0.5) is 5.69 Å². The van der Waals surface area contributed by atoms with Crippen LogP contribution >= 0.6 is 0 Å². The first kappa shape index (κ1) is 22.0. The van der Waals surface area contributed by atoms with Crippen molar-refractivity contribution in [2.75, 3.05) is 58.9 Å². The molecule has 0 radical (unpaired) electrons. The molecule has 9 nitrogen and oxygen atoms in total. The molecule has 4 rings (SSSR count). The number of nitrogens with one attached hydrogen (secondary N) is 1. The van der Waals surface area contributed by atoms with Gasteiger partial charge >= 0.3 is 0 Å². The molecular formula is C22H31N3O6. The van der Waals surface area contributed by atoms with E-state index in [4.69, 9.17) is 14.2 Å². The van der Waals surface area contributed by atoms with Gasteiger partial charge in [0.1, 0.15) is 18.0 Å². The Hall–Kier alpha value is -2.20. The number of aliphatic hydroxyl groups excluding tert-OH is 1. The van der Waals surface area contributed by atoms with Crippen LogP contribution < -0.4 is 10.1 Å². The van der Waals surface area contributed by atoms with Crippen LogP contribution in [0, 0.1) is 0 Å². The third-order valence-corrected chi connectivity index (χ3v) is 6.01. The smallest absolute Gasteiger partial charge is 0.238 e. The number of amides is 2. The number of anilines is 1. The summed E-state index contributed by atoms with van der Waals surface area (Å²) in [7, 11) is 3.69. The zero-order valence-electron chi connectivity index (χ0n) is 18.1. The summed E-state index contributed by atoms with van der Waals surface area (Å²) in [6, 6.07) is 5.60. The molecule has 170 valence electrons. The molecule has 1 aromatic rings. The van der Waals surface area contributed by atoms with Gasteiger partial charge in [-0.1, -0.05) is 0 Å². The van der Waals surface area contributed by atoms with Gasteiger partial charge in [-0.05, 0) is 38.7 Å². The molecule has 2 saturated heterocycles. The molecular weight excluding hydrogens is 402 g/mol. The van der Waals surface area contributed by atoms with E-state index in [1.807, 2.05) is 42.1 Å². The predicted molar refractivity (Wildman–Crippen MR) is 113 cm³/mol. The Bertz CT molecular complexity index is 810. The standard InChI is InChI=1S/C22H31N3O6/c1-24(2)12-20(27)23-14-3-4-18-16(9-14)17-10-15(30-19(13-26)22(17)31-18)11-21(28)25-5-7-29-8-6-25/h3-4,9,15,17,19,22,26H,5-8,10-13H2,1-2H3,(H,23,27)/t15-,17+,19+,22-/m1/s1. The van der Waals surface area contributed by atoms with Crippen LogP contribution in [0.2, 0.25) is 0 Å². The lowest BCUT2D eigenvalue weighted by molar-refractivity contribution is -0.151. The van der Waals surface area contributed by atoms with Gasteiger partial charge in [0, 0.05) is 30.3 Å². The van der Waals surface area contributed by atoms with Crippen molar-refractivity contribution in [3.8, 4) is 5.75 Å². The molecule has 0 unspecified atom stereocenters. The zero-order valence-corrected chi connectivity index (χ0v) is 18.1. The number of hydrogen-bond acceptors (Lipinski definition) is 7. The highest BCUT2D eigenvalue weighted by Crippen LogP contribution is 2.47. The van der Waals surface area contributed by atoms with Crippen molar-refractivity contribution in [2.45, 2.75) is 37.1 Å². The quantitative estimate of drug-likeness (QED) is 0.671. The van der Waals surface area contributed by atoms with E-state index in [-0.39, 0.29) is 43.0 Å². The zero-order chi connectivity index (χ0) is 22.0. The van der Waals surface area contributed by atoms with Gasteiger partial charge in [0.25, 0.3) is 0 Å². The topological polar surface area (TPSA) is 101 Å². The molecule has 0 spiro atoms. The molecule has 3 aliphatic heterocycles. The van der Waals surface area contributed by atoms with E-state index in [1.165, 1.54) is 0 Å². The second kappa shape index (κ2) is 9.52. The highest BCUT2D eigenvalue weighted by atomic mass is 16.6. The minimum Gasteiger partial charge on any atom is -0.487 e. The summed E-state index contributed by atoms with van der Waals surface area (Å²) in [6.07, 6.45) is -0.202. The number of rotatable bonds is 6. The van der Waals surface area contributed by atoms with Crippen LogP contribution in [0.25, 0.3) is 0 Å². The average molecular weight is 434 g/mol. The Kier molecular flexibility index (Phi) is 6.76. The minimum atomic E-state index is -0.500. The van der Waals surface area contributed by atoms with Crippen LogP contribution in [0.1, 0.15) is 24.3 Å². The molecule has 0 bridgehead atoms. The lowest BCUT2D eigenvalue weighted by Gasteiger charge is -2.38. The largest absolute Gasteiger partial charge is 0.487 e. The Morgan fingerprint density at radius 1 is 1.26 bits per heavy atom. The maximum atomic E-state index is 12.7. The summed E-state index contributed by atoms with van der Waals surface area (Å²) < 4.78 is 17.5. The van der Waals surface area contributed by atoms with E-state index < -0.39 is 6.10 Å². The minimum absolute atomic E-state index is 0.00547. The highest BCUT2D eigenvalue weighted by molar-refractivity contribution is 5.92. The molecule has 2 fully saturated rings. The number of nitrogens with zero attached hydrogens (tertiary/aromatic N) is 2. The van der Waals surface area contributed by atoms with Crippen LogP contribution in [0.15, 0.2) is 18.2 Å². The van der Waals surface area contributed by atoms with E-state index in [1.54, 1.807) is 0 Å². The van der Waals surface area contributed by atoms with Crippen molar-refractivity contribution >= 4 is 17.5 Å². The van der Waals surface area contributed by atoms with Gasteiger partial charge in [0.05, 0.1) is 38.9 Å². The SMILES string of the molecule is CN(C)CC(=O)Nc1ccc2c(c1)[C@@H]1C[C@H](CC(=O)N3CCOCC3)O[C@@H](CO)[C@@H]1O2. The van der Waals surface area contributed by atoms with Crippen molar-refractivity contribution in [3.05, 3.63) is 23.8 Å². The number of benzene rings is 1. The fraction of sp³-hybridized carbons (Fsp3) is 0.636. The molecule has 0 aromatic heterocycles. The first-order chi connectivity index (χ1) is 14.9. The van der Waals surface area contributed by atoms with Gasteiger partial charge in [-0.25, -0.2) is 0 Å². The van der Waals surface area contributed by atoms with Crippen LogP contribution in [-0.4, -0.2) is 98.6 Å². The maximum Gasteiger partial charge on any atom is 0.238 e. The van der Waals surface area contributed by atoms with Crippen molar-refractivity contribution in [3.63, 3.8) is 0 Å². The Morgan fingerprint density at radius 2 is 2.03 bits per heavy atom. The first-order valence-corrected chi connectivity index (χ1v) is 10.8. The van der Waals surface area contributed by atoms with Gasteiger partial charge < -0.3 is 34.4 Å². The lowest BCUT2D eigenvalue weighted by atomic mass is 9.84. The number of carbonyl (C=O) groups excluding carboxylic acids is 2. The monoisotopic (exact) mass is 433 g/mol. The molecule has 0 saturated carbocycles. The maximum absolute atomic E-state index is 12.7. The molecule has 3 aliphatic rings. The normalized spacial score (nSPS) is 27.4. The number of fused-ring (bicyclic) bond motifs is 3. The van der Waals surface area contributed by atoms with Crippen molar-refractivity contribution in [1.82, 2.24) is 9.80 Å². The number of likely N-dealkylation sites (N-methyl/N-ethyl adjacent to an activating group) is 1. The number of carbonyl (C=O) groups is 2. The molecule has 0 aliphatic carbocycles. The molecule has 2 amide bonds. The molecule has 4 atom stereocenters. The van der Waals surface area contributed by atoms with Gasteiger partial charge in [-0.15, -0.1) is 0 Å². The number of hydrogen-bond donors (Lipinski definition) is 2. The van der Waals surface area contributed by atoms with Crippen molar-refractivity contribution in [2.24, 2.45) is 0 Å². The van der Waals surface area contributed by atoms with Gasteiger partial charge in [0.2, 0.25) is 11.8 Å². The third-order valence-electron chi connectivity index (χ3n) is 6.01.